The Morgan fingerprint density at radius 3 is 2.50 bits per heavy atom. The molecule has 0 rings (SSSR count). The zero-order valence-corrected chi connectivity index (χ0v) is 11.2. The highest BCUT2D eigenvalue weighted by atomic mass is 16.4. The maximum Gasteiger partial charge on any atom is 0.304 e. The van der Waals surface area contributed by atoms with Crippen molar-refractivity contribution >= 4 is 11.9 Å². The highest BCUT2D eigenvalue weighted by Gasteiger charge is 2.13. The van der Waals surface area contributed by atoms with Gasteiger partial charge in [-0.1, -0.05) is 6.92 Å². The summed E-state index contributed by atoms with van der Waals surface area (Å²) in [5.74, 6) is -0.987. The summed E-state index contributed by atoms with van der Waals surface area (Å²) in [6, 6.07) is 0.122. The van der Waals surface area contributed by atoms with Gasteiger partial charge >= 0.3 is 5.97 Å². The molecule has 1 unspecified atom stereocenters. The van der Waals surface area contributed by atoms with Gasteiger partial charge in [0.05, 0.1) is 13.0 Å². The van der Waals surface area contributed by atoms with Crippen LogP contribution < -0.4 is 5.32 Å². The van der Waals surface area contributed by atoms with E-state index >= 15 is 0 Å². The van der Waals surface area contributed by atoms with Gasteiger partial charge < -0.3 is 15.5 Å². The topological polar surface area (TPSA) is 89.9 Å². The Morgan fingerprint density at radius 2 is 2.00 bits per heavy atom. The number of carboxylic acids is 1. The molecule has 0 aliphatic rings. The summed E-state index contributed by atoms with van der Waals surface area (Å²) < 4.78 is 0. The minimum Gasteiger partial charge on any atom is -0.481 e. The number of aliphatic carboxylic acids is 1. The monoisotopic (exact) mass is 260 g/mol. The van der Waals surface area contributed by atoms with Crippen LogP contribution in [0.2, 0.25) is 0 Å². The van der Waals surface area contributed by atoms with Crippen molar-refractivity contribution in [2.75, 3.05) is 26.2 Å². The second kappa shape index (κ2) is 9.85. The highest BCUT2D eigenvalue weighted by molar-refractivity contribution is 5.78. The van der Waals surface area contributed by atoms with Gasteiger partial charge in [0, 0.05) is 25.7 Å². The standard InChI is InChI=1S/C12H24N2O4/c1-3-10(2)13-11(16)9-14(6-4-8-15)7-5-12(17)18/h10,15H,3-9H2,1-2H3,(H,13,16)(H,17,18). The van der Waals surface area contributed by atoms with Gasteiger partial charge in [-0.15, -0.1) is 0 Å². The molecule has 0 heterocycles. The molecule has 0 aliphatic heterocycles. The lowest BCUT2D eigenvalue weighted by Gasteiger charge is -2.21. The van der Waals surface area contributed by atoms with Crippen LogP contribution in [0.3, 0.4) is 0 Å². The third kappa shape index (κ3) is 8.95. The molecule has 0 aromatic carbocycles. The first-order chi connectivity index (χ1) is 8.49. The molecule has 0 spiro atoms. The lowest BCUT2D eigenvalue weighted by atomic mass is 10.2. The van der Waals surface area contributed by atoms with Crippen molar-refractivity contribution in [1.82, 2.24) is 10.2 Å². The van der Waals surface area contributed by atoms with Crippen LogP contribution in [0.25, 0.3) is 0 Å². The van der Waals surface area contributed by atoms with Crippen molar-refractivity contribution < 1.29 is 19.8 Å². The van der Waals surface area contributed by atoms with Gasteiger partial charge in [-0.2, -0.15) is 0 Å². The predicted molar refractivity (Wildman–Crippen MR) is 68.3 cm³/mol. The molecule has 6 nitrogen and oxygen atoms in total. The van der Waals surface area contributed by atoms with Gasteiger partial charge in [-0.25, -0.2) is 0 Å². The summed E-state index contributed by atoms with van der Waals surface area (Å²) in [4.78, 5) is 23.9. The smallest absolute Gasteiger partial charge is 0.304 e. The number of aliphatic hydroxyl groups is 1. The van der Waals surface area contributed by atoms with E-state index in [2.05, 4.69) is 5.32 Å². The molecule has 0 radical (unpaired) electrons. The minimum absolute atomic E-state index is 0.00202. The van der Waals surface area contributed by atoms with Gasteiger partial charge in [0.25, 0.3) is 0 Å². The number of carbonyl (C=O) groups excluding carboxylic acids is 1. The number of nitrogens with zero attached hydrogens (tertiary/aromatic N) is 1. The van der Waals surface area contributed by atoms with E-state index in [0.29, 0.717) is 19.5 Å². The van der Waals surface area contributed by atoms with E-state index in [4.69, 9.17) is 10.2 Å². The maximum absolute atomic E-state index is 11.7. The van der Waals surface area contributed by atoms with E-state index in [-0.39, 0.29) is 31.5 Å². The summed E-state index contributed by atoms with van der Waals surface area (Å²) in [6.45, 7) is 4.97. The number of hydrogen-bond acceptors (Lipinski definition) is 4. The van der Waals surface area contributed by atoms with Crippen LogP contribution in [0.4, 0.5) is 0 Å². The third-order valence-electron chi connectivity index (χ3n) is 2.66. The molecule has 0 saturated heterocycles. The van der Waals surface area contributed by atoms with E-state index < -0.39 is 5.97 Å². The Bertz CT molecular complexity index is 258. The molecule has 0 fully saturated rings. The first-order valence-electron chi connectivity index (χ1n) is 6.34. The molecule has 0 aromatic rings. The molecule has 3 N–H and O–H groups in total. The summed E-state index contributed by atoms with van der Waals surface area (Å²) in [5.41, 5.74) is 0. The maximum atomic E-state index is 11.7. The molecule has 0 saturated carbocycles. The van der Waals surface area contributed by atoms with Crippen LogP contribution in [-0.2, 0) is 9.59 Å². The molecular weight excluding hydrogens is 236 g/mol. The van der Waals surface area contributed by atoms with Crippen molar-refractivity contribution in [3.63, 3.8) is 0 Å². The number of carbonyl (C=O) groups is 2. The van der Waals surface area contributed by atoms with Crippen molar-refractivity contribution in [2.24, 2.45) is 0 Å². The molecule has 6 heteroatoms. The molecule has 1 amide bonds. The number of rotatable bonds is 10. The fourth-order valence-electron chi connectivity index (χ4n) is 1.44. The van der Waals surface area contributed by atoms with Gasteiger partial charge in [0.1, 0.15) is 0 Å². The van der Waals surface area contributed by atoms with E-state index in [0.717, 1.165) is 6.42 Å². The fraction of sp³-hybridized carbons (Fsp3) is 0.833. The van der Waals surface area contributed by atoms with E-state index in [9.17, 15) is 9.59 Å². The first kappa shape index (κ1) is 16.9. The Morgan fingerprint density at radius 1 is 1.33 bits per heavy atom. The number of nitrogens with one attached hydrogen (secondary N) is 1. The van der Waals surface area contributed by atoms with Gasteiger partial charge in [-0.3, -0.25) is 14.5 Å². The van der Waals surface area contributed by atoms with E-state index in [1.807, 2.05) is 13.8 Å². The molecular formula is C12H24N2O4. The fourth-order valence-corrected chi connectivity index (χ4v) is 1.44. The van der Waals surface area contributed by atoms with Crippen LogP contribution >= 0.6 is 0 Å². The second-order valence-corrected chi connectivity index (χ2v) is 4.37. The summed E-state index contributed by atoms with van der Waals surface area (Å²) in [7, 11) is 0. The molecule has 0 aliphatic carbocycles. The van der Waals surface area contributed by atoms with Gasteiger partial charge in [0.15, 0.2) is 0 Å². The first-order valence-corrected chi connectivity index (χ1v) is 6.34. The lowest BCUT2D eigenvalue weighted by molar-refractivity contribution is -0.137. The van der Waals surface area contributed by atoms with E-state index in [1.54, 1.807) is 4.90 Å². The average molecular weight is 260 g/mol. The average Bonchev–Trinajstić information content (AvgIpc) is 2.32. The second-order valence-electron chi connectivity index (χ2n) is 4.37. The van der Waals surface area contributed by atoms with Crippen LogP contribution in [0.1, 0.15) is 33.1 Å². The Hall–Kier alpha value is -1.14. The van der Waals surface area contributed by atoms with Crippen LogP contribution in [-0.4, -0.2) is 59.3 Å². The Kier molecular flexibility index (Phi) is 9.22. The predicted octanol–water partition coefficient (Wildman–Crippen LogP) is 0.0602. The molecule has 106 valence electrons. The van der Waals surface area contributed by atoms with Gasteiger partial charge in [0.2, 0.25) is 5.91 Å². The Balaban J connectivity index is 4.11. The summed E-state index contributed by atoms with van der Waals surface area (Å²) in [5, 5.41) is 20.2. The Labute approximate surface area is 108 Å². The lowest BCUT2D eigenvalue weighted by Crippen LogP contribution is -2.42. The minimum atomic E-state index is -0.883. The number of hydrogen-bond donors (Lipinski definition) is 3. The van der Waals surface area contributed by atoms with Crippen molar-refractivity contribution in [1.29, 1.82) is 0 Å². The van der Waals surface area contributed by atoms with Crippen LogP contribution in [0, 0.1) is 0 Å². The molecule has 0 aromatic heterocycles. The van der Waals surface area contributed by atoms with Crippen molar-refractivity contribution in [3.05, 3.63) is 0 Å². The zero-order valence-electron chi connectivity index (χ0n) is 11.2. The van der Waals surface area contributed by atoms with Crippen molar-refractivity contribution in [3.8, 4) is 0 Å². The number of carboxylic acid groups (broad SMARTS) is 1. The zero-order chi connectivity index (χ0) is 14.0. The summed E-state index contributed by atoms with van der Waals surface area (Å²) in [6.07, 6.45) is 1.40. The van der Waals surface area contributed by atoms with Crippen LogP contribution in [0.5, 0.6) is 0 Å². The highest BCUT2D eigenvalue weighted by Crippen LogP contribution is 1.96. The molecule has 1 atom stereocenters. The molecule has 18 heavy (non-hydrogen) atoms. The number of aliphatic hydroxyl groups excluding tert-OH is 1. The van der Waals surface area contributed by atoms with Crippen LogP contribution in [0.15, 0.2) is 0 Å². The number of amides is 1. The summed E-state index contributed by atoms with van der Waals surface area (Å²) >= 11 is 0. The third-order valence-corrected chi connectivity index (χ3v) is 2.66. The van der Waals surface area contributed by atoms with Gasteiger partial charge in [-0.05, 0) is 19.8 Å². The molecule has 0 bridgehead atoms. The normalized spacial score (nSPS) is 12.4. The SMILES string of the molecule is CCC(C)NC(=O)CN(CCCO)CCC(=O)O. The van der Waals surface area contributed by atoms with Crippen molar-refractivity contribution in [2.45, 2.75) is 39.2 Å². The van der Waals surface area contributed by atoms with E-state index in [1.165, 1.54) is 0 Å². The largest absolute Gasteiger partial charge is 0.481 e. The quantitative estimate of drug-likeness (QED) is 0.517.